The van der Waals surface area contributed by atoms with E-state index in [0.717, 1.165) is 36.8 Å². The van der Waals surface area contributed by atoms with Crippen LogP contribution in [0, 0.1) is 6.92 Å². The van der Waals surface area contributed by atoms with E-state index < -0.39 is 22.0 Å². The van der Waals surface area contributed by atoms with E-state index in [1.165, 1.54) is 18.4 Å². The predicted octanol–water partition coefficient (Wildman–Crippen LogP) is 5.43. The van der Waals surface area contributed by atoms with Gasteiger partial charge in [-0.05, 0) is 56.0 Å². The number of carbonyl (C=O) groups excluding carboxylic acids is 1. The van der Waals surface area contributed by atoms with Gasteiger partial charge < -0.3 is 9.15 Å². The topological polar surface area (TPSA) is 85.6 Å². The molecule has 3 aromatic rings. The molecule has 0 saturated heterocycles. The molecule has 0 amide bonds. The molecule has 1 fully saturated rings. The molecule has 2 aromatic carbocycles. The normalized spacial score (nSPS) is 19.3. The smallest absolute Gasteiger partial charge is 0.335 e. The van der Waals surface area contributed by atoms with Crippen molar-refractivity contribution in [3.63, 3.8) is 0 Å². The lowest BCUT2D eigenvalue weighted by atomic mass is 9.81. The highest BCUT2D eigenvalue weighted by atomic mass is 32.2. The minimum absolute atomic E-state index is 0.0250. The van der Waals surface area contributed by atoms with Gasteiger partial charge in [0.05, 0.1) is 16.7 Å². The van der Waals surface area contributed by atoms with Crippen LogP contribution < -0.4 is 4.72 Å². The fraction of sp³-hybridized carbons (Fsp3) is 0.296. The molecule has 1 heterocycles. The van der Waals surface area contributed by atoms with Gasteiger partial charge in [-0.15, -0.1) is 0 Å². The van der Waals surface area contributed by atoms with Crippen LogP contribution in [-0.2, 0) is 19.6 Å². The molecule has 1 N–H and O–H groups in total. The van der Waals surface area contributed by atoms with E-state index in [4.69, 9.17) is 9.15 Å². The van der Waals surface area contributed by atoms with E-state index in [1.54, 1.807) is 24.3 Å². The Kier molecular flexibility index (Phi) is 7.34. The predicted molar refractivity (Wildman–Crippen MR) is 130 cm³/mol. The Morgan fingerprint density at radius 1 is 1.03 bits per heavy atom. The lowest BCUT2D eigenvalue weighted by Crippen LogP contribution is -2.34. The number of benzene rings is 2. The van der Waals surface area contributed by atoms with E-state index in [1.807, 2.05) is 37.3 Å². The van der Waals surface area contributed by atoms with E-state index in [-0.39, 0.29) is 28.3 Å². The number of esters is 1. The maximum Gasteiger partial charge on any atom is 0.335 e. The van der Waals surface area contributed by atoms with Crippen molar-refractivity contribution in [1.29, 1.82) is 0 Å². The highest BCUT2D eigenvalue weighted by Gasteiger charge is 2.34. The molecule has 3 atom stereocenters. The first-order valence-electron chi connectivity index (χ1n) is 11.4. The van der Waals surface area contributed by atoms with Crippen molar-refractivity contribution in [2.75, 3.05) is 0 Å². The third-order valence-electron chi connectivity index (χ3n) is 6.23. The van der Waals surface area contributed by atoms with Gasteiger partial charge in [-0.1, -0.05) is 61.0 Å². The lowest BCUT2D eigenvalue weighted by molar-refractivity contribution is -0.147. The number of rotatable bonds is 8. The zero-order chi connectivity index (χ0) is 24.1. The Morgan fingerprint density at radius 2 is 1.74 bits per heavy atom. The van der Waals surface area contributed by atoms with Crippen LogP contribution in [0.5, 0.6) is 0 Å². The third-order valence-corrected chi connectivity index (χ3v) is 7.67. The Bertz CT molecular complexity index is 1220. The number of carbonyl (C=O) groups is 1. The first kappa shape index (κ1) is 24.0. The highest BCUT2D eigenvalue weighted by Crippen LogP contribution is 2.36. The Labute approximate surface area is 200 Å². The second kappa shape index (κ2) is 10.4. The highest BCUT2D eigenvalue weighted by molar-refractivity contribution is 7.89. The maximum atomic E-state index is 13.2. The van der Waals surface area contributed by atoms with Crippen LogP contribution in [0.15, 0.2) is 94.5 Å². The van der Waals surface area contributed by atoms with Gasteiger partial charge in [-0.2, -0.15) is 4.72 Å². The van der Waals surface area contributed by atoms with Gasteiger partial charge in [0.15, 0.2) is 0 Å². The van der Waals surface area contributed by atoms with Gasteiger partial charge in [-0.25, -0.2) is 13.2 Å². The number of aryl methyl sites for hydroxylation is 1. The average Bonchev–Trinajstić information content (AvgIpc) is 3.38. The van der Waals surface area contributed by atoms with Crippen LogP contribution in [0.4, 0.5) is 0 Å². The van der Waals surface area contributed by atoms with E-state index in [0.29, 0.717) is 0 Å². The summed E-state index contributed by atoms with van der Waals surface area (Å²) in [6.07, 6.45) is 4.84. The van der Waals surface area contributed by atoms with Gasteiger partial charge in [0.1, 0.15) is 17.9 Å². The molecule has 34 heavy (non-hydrogen) atoms. The van der Waals surface area contributed by atoms with Crippen LogP contribution in [0.25, 0.3) is 0 Å². The second-order valence-corrected chi connectivity index (χ2v) is 10.4. The molecule has 0 bridgehead atoms. The molecule has 1 aromatic heterocycles. The van der Waals surface area contributed by atoms with Crippen molar-refractivity contribution >= 4 is 16.0 Å². The molecule has 7 heteroatoms. The zero-order valence-electron chi connectivity index (χ0n) is 19.1. The first-order chi connectivity index (χ1) is 16.3. The molecule has 1 saturated carbocycles. The van der Waals surface area contributed by atoms with Crippen molar-refractivity contribution in [3.8, 4) is 0 Å². The number of nitrogens with one attached hydrogen (secondary N) is 1. The lowest BCUT2D eigenvalue weighted by Gasteiger charge is -2.32. The summed E-state index contributed by atoms with van der Waals surface area (Å²) in [7, 11) is -3.95. The summed E-state index contributed by atoms with van der Waals surface area (Å²) in [4.78, 5) is 13.3. The van der Waals surface area contributed by atoms with Crippen LogP contribution in [0.1, 0.15) is 54.5 Å². The number of ether oxygens (including phenoxy) is 1. The van der Waals surface area contributed by atoms with Gasteiger partial charge in [0.25, 0.3) is 0 Å². The molecular weight excluding hydrogens is 450 g/mol. The van der Waals surface area contributed by atoms with Crippen molar-refractivity contribution in [1.82, 2.24) is 4.72 Å². The number of sulfonamides is 1. The molecule has 1 aliphatic rings. The van der Waals surface area contributed by atoms with Crippen molar-refractivity contribution < 1.29 is 22.4 Å². The average molecular weight is 480 g/mol. The number of furan rings is 1. The fourth-order valence-corrected chi connectivity index (χ4v) is 5.55. The standard InChI is InChI=1S/C27H29NO5S/c1-19-14-16-22(17-15-19)34(30,31)28-26(25-13-8-18-32-25)20(2)27(29)33-24-12-7-6-11-23(24)21-9-4-3-5-10-21/h3-5,8-10,13-18,23-24,26,28H,2,6-7,11-12H2,1H3/t23-,24+,26+/m0/s1. The minimum atomic E-state index is -3.95. The second-order valence-electron chi connectivity index (χ2n) is 8.65. The summed E-state index contributed by atoms with van der Waals surface area (Å²) < 4.78 is 40.1. The Morgan fingerprint density at radius 3 is 2.41 bits per heavy atom. The monoisotopic (exact) mass is 479 g/mol. The largest absolute Gasteiger partial charge is 0.467 e. The number of hydrogen-bond acceptors (Lipinski definition) is 5. The Hall–Kier alpha value is -3.16. The van der Waals surface area contributed by atoms with E-state index in [9.17, 15) is 13.2 Å². The quantitative estimate of drug-likeness (QED) is 0.344. The molecule has 1 aliphatic carbocycles. The Balaban J connectivity index is 1.54. The number of hydrogen-bond donors (Lipinski definition) is 1. The maximum absolute atomic E-state index is 13.2. The fourth-order valence-electron chi connectivity index (χ4n) is 4.35. The SMILES string of the molecule is C=C(C(=O)O[C@@H]1CCCC[C@H]1c1ccccc1)[C@@H](NS(=O)(=O)c1ccc(C)cc1)c1ccco1. The molecule has 4 rings (SSSR count). The minimum Gasteiger partial charge on any atom is -0.467 e. The summed E-state index contributed by atoms with van der Waals surface area (Å²) in [5.74, 6) is -0.278. The molecule has 0 spiro atoms. The van der Waals surface area contributed by atoms with Crippen LogP contribution in [-0.4, -0.2) is 20.5 Å². The van der Waals surface area contributed by atoms with E-state index in [2.05, 4.69) is 11.3 Å². The third kappa shape index (κ3) is 5.48. The molecular formula is C27H29NO5S. The summed E-state index contributed by atoms with van der Waals surface area (Å²) in [5, 5.41) is 0. The zero-order valence-corrected chi connectivity index (χ0v) is 20.0. The van der Waals surface area contributed by atoms with Gasteiger partial charge in [0.2, 0.25) is 10.0 Å². The molecule has 0 radical (unpaired) electrons. The van der Waals surface area contributed by atoms with Crippen LogP contribution in [0.2, 0.25) is 0 Å². The van der Waals surface area contributed by atoms with Crippen molar-refractivity contribution in [2.24, 2.45) is 0 Å². The van der Waals surface area contributed by atoms with Gasteiger partial charge >= 0.3 is 5.97 Å². The first-order valence-corrected chi connectivity index (χ1v) is 12.9. The van der Waals surface area contributed by atoms with Crippen LogP contribution >= 0.6 is 0 Å². The summed E-state index contributed by atoms with van der Waals surface area (Å²) in [6.45, 7) is 5.78. The van der Waals surface area contributed by atoms with Gasteiger partial charge in [0, 0.05) is 5.92 Å². The van der Waals surface area contributed by atoms with Crippen molar-refractivity contribution in [2.45, 2.75) is 55.6 Å². The van der Waals surface area contributed by atoms with Crippen molar-refractivity contribution in [3.05, 3.63) is 102 Å². The molecule has 6 nitrogen and oxygen atoms in total. The molecule has 0 unspecified atom stereocenters. The summed E-state index contributed by atoms with van der Waals surface area (Å²) in [6, 6.07) is 18.6. The van der Waals surface area contributed by atoms with Crippen LogP contribution in [0.3, 0.4) is 0 Å². The summed E-state index contributed by atoms with van der Waals surface area (Å²) in [5.41, 5.74) is 2.05. The van der Waals surface area contributed by atoms with E-state index >= 15 is 0 Å². The molecule has 178 valence electrons. The van der Waals surface area contributed by atoms with Gasteiger partial charge in [-0.3, -0.25) is 0 Å². The molecule has 0 aliphatic heterocycles. The summed E-state index contributed by atoms with van der Waals surface area (Å²) >= 11 is 0.